The molecular weight excluding hydrogens is 1230 g/mol. The summed E-state index contributed by atoms with van der Waals surface area (Å²) in [6.45, 7) is 4.07. The molecule has 26 nitrogen and oxygen atoms in total. The van der Waals surface area contributed by atoms with Crippen molar-refractivity contribution in [1.82, 2.24) is 50.2 Å². The summed E-state index contributed by atoms with van der Waals surface area (Å²) in [6.07, 6.45) is -5.92. The number of aliphatic hydroxyl groups excluding tert-OH is 4. The summed E-state index contributed by atoms with van der Waals surface area (Å²) in [4.78, 5) is 28.4. The number of ether oxygens (including phenoxy) is 6. The van der Waals surface area contributed by atoms with Gasteiger partial charge < -0.3 is 96.4 Å². The molecule has 474 valence electrons. The average Bonchev–Trinajstić information content (AvgIpc) is 1.62. The summed E-state index contributed by atoms with van der Waals surface area (Å²) < 4.78 is 65.6. The van der Waals surface area contributed by atoms with E-state index in [1.165, 1.54) is 42.6 Å². The van der Waals surface area contributed by atoms with Crippen molar-refractivity contribution in [3.05, 3.63) is 143 Å². The van der Waals surface area contributed by atoms with Gasteiger partial charge in [-0.05, 0) is 93.6 Å². The first kappa shape index (κ1) is 67.3. The molecule has 0 spiro atoms. The molecule has 16 N–H and O–H groups in total. The minimum Gasteiger partial charge on any atom is -0.491 e. The van der Waals surface area contributed by atoms with Crippen LogP contribution in [0.25, 0.3) is 54.8 Å². The topological polar surface area (TPSA) is 416 Å². The van der Waals surface area contributed by atoms with E-state index in [0.717, 1.165) is 28.6 Å². The minimum atomic E-state index is -1.69. The smallest absolute Gasteiger partial charge is 0.184 e. The summed E-state index contributed by atoms with van der Waals surface area (Å²) in [5.41, 5.74) is 8.82. The molecule has 31 heteroatoms. The highest BCUT2D eigenvalue weighted by Crippen LogP contribution is 2.42. The lowest BCUT2D eigenvalue weighted by Crippen LogP contribution is -2.47. The monoisotopic (exact) mass is 1290 g/mol. The van der Waals surface area contributed by atoms with Crippen LogP contribution in [0.15, 0.2) is 116 Å². The number of aliphatic hydroxyl groups is 7. The maximum Gasteiger partial charge on any atom is 0.184 e. The van der Waals surface area contributed by atoms with Gasteiger partial charge in [0.05, 0.1) is 27.3 Å². The highest BCUT2D eigenvalue weighted by atomic mass is 35.5. The van der Waals surface area contributed by atoms with Crippen molar-refractivity contribution in [3.63, 3.8) is 0 Å². The standard InChI is InChI=1S/C21H17Cl2FN4O4.C21H21FN6O4.C15H16ClNO5.CH4.H3N.H2O/c1-21(30)14(8-31-11-4-2-10-3-5-15(22)27-13(10)6-11)32-20(17(21)29)28-7-12(24)16-18(23)25-9-26-19(16)28;1-21(30)14(8-31-11-4-2-10-3-5-15(23)27-13(10)6-11)32-20(17(21)29)28-7-12(22)16-18(24)25-9-26-19(16)28;1-15(20)11(22-14(19)13(15)18)7-21-9-4-2-8-3-5-12(16)17-10(8)6-9;;;/h2-7,9,14,17,20,29-30H,8H2,1H3;2-7,9,14,17,20,29-30H,8H2,1H3,(H2,23,27)(H2,24,25,26);2-6,11,13-14,18-20H,7H2,1H3;1H4;1H3;1H2/t2*14-,17+,20-,21-;11-,13+,14?,15-;;;/m111.../s1. The Kier molecular flexibility index (Phi) is 20.0. The molecular formula is C58H63Cl3F2N12O14. The van der Waals surface area contributed by atoms with Crippen molar-refractivity contribution in [3.8, 4) is 17.2 Å². The van der Waals surface area contributed by atoms with Crippen molar-refractivity contribution in [2.75, 3.05) is 31.3 Å². The third-order valence-corrected chi connectivity index (χ3v) is 16.0. The fourth-order valence-corrected chi connectivity index (χ4v) is 10.7. The van der Waals surface area contributed by atoms with E-state index in [-0.39, 0.29) is 71.9 Å². The second kappa shape index (κ2) is 26.4. The molecule has 0 bridgehead atoms. The van der Waals surface area contributed by atoms with E-state index in [4.69, 9.17) is 74.7 Å². The maximum atomic E-state index is 14.4. The molecule has 89 heavy (non-hydrogen) atoms. The summed E-state index contributed by atoms with van der Waals surface area (Å²) in [6, 6.07) is 26.6. The molecule has 0 aliphatic carbocycles. The van der Waals surface area contributed by atoms with Crippen molar-refractivity contribution >= 4 is 101 Å². The van der Waals surface area contributed by atoms with E-state index in [9.17, 15) is 44.5 Å². The van der Waals surface area contributed by atoms with Gasteiger partial charge in [0.15, 0.2) is 36.0 Å². The van der Waals surface area contributed by atoms with E-state index in [2.05, 4.69) is 34.9 Å². The van der Waals surface area contributed by atoms with E-state index in [0.29, 0.717) is 49.9 Å². The van der Waals surface area contributed by atoms with Crippen molar-refractivity contribution in [2.24, 2.45) is 0 Å². The zero-order chi connectivity index (χ0) is 61.1. The van der Waals surface area contributed by atoms with Gasteiger partial charge in [-0.3, -0.25) is 0 Å². The molecule has 13 rings (SSSR count). The Labute approximate surface area is 519 Å². The van der Waals surface area contributed by atoms with Crippen LogP contribution < -0.4 is 31.8 Å². The molecule has 3 saturated heterocycles. The van der Waals surface area contributed by atoms with Gasteiger partial charge in [0.2, 0.25) is 0 Å². The van der Waals surface area contributed by atoms with E-state index in [1.807, 2.05) is 36.4 Å². The van der Waals surface area contributed by atoms with Crippen LogP contribution in [0, 0.1) is 11.6 Å². The summed E-state index contributed by atoms with van der Waals surface area (Å²) >= 11 is 17.8. The second-order valence-electron chi connectivity index (χ2n) is 21.1. The molecule has 3 aliphatic rings. The van der Waals surface area contributed by atoms with Crippen LogP contribution in [-0.4, -0.2) is 165 Å². The number of fused-ring (bicyclic) bond motifs is 5. The van der Waals surface area contributed by atoms with Gasteiger partial charge in [-0.15, -0.1) is 0 Å². The molecule has 3 fully saturated rings. The summed E-state index contributed by atoms with van der Waals surface area (Å²) in [5.74, 6) is 0.540. The van der Waals surface area contributed by atoms with Gasteiger partial charge in [-0.2, -0.15) is 0 Å². The summed E-state index contributed by atoms with van der Waals surface area (Å²) in [5, 5.41) is 76.1. The van der Waals surface area contributed by atoms with Gasteiger partial charge >= 0.3 is 0 Å². The number of hydrogen-bond acceptors (Lipinski definition) is 23. The second-order valence-corrected chi connectivity index (χ2v) is 22.3. The number of anilines is 2. The fraction of sp³-hybridized carbons (Fsp3) is 0.328. The van der Waals surface area contributed by atoms with Crippen LogP contribution in [0.3, 0.4) is 0 Å². The first-order chi connectivity index (χ1) is 40.9. The molecule has 0 amide bonds. The zero-order valence-corrected chi connectivity index (χ0v) is 48.9. The Morgan fingerprint density at radius 2 is 0.921 bits per heavy atom. The van der Waals surface area contributed by atoms with Crippen LogP contribution in [0.5, 0.6) is 17.2 Å². The lowest BCUT2D eigenvalue weighted by Gasteiger charge is -2.26. The number of aromatic nitrogens is 9. The van der Waals surface area contributed by atoms with Gasteiger partial charge in [0, 0.05) is 46.8 Å². The van der Waals surface area contributed by atoms with Crippen LogP contribution in [-0.2, 0) is 14.2 Å². The molecule has 10 aromatic rings. The number of nitrogen functional groups attached to an aromatic ring is 2. The van der Waals surface area contributed by atoms with E-state index in [1.54, 1.807) is 54.6 Å². The molecule has 12 atom stereocenters. The zero-order valence-electron chi connectivity index (χ0n) is 46.6. The lowest BCUT2D eigenvalue weighted by atomic mass is 9.95. The predicted octanol–water partition coefficient (Wildman–Crippen LogP) is 5.95. The molecule has 3 aromatic carbocycles. The number of pyridine rings is 3. The Balaban J connectivity index is 0.000000173. The Morgan fingerprint density at radius 3 is 1.37 bits per heavy atom. The Bertz CT molecular complexity index is 3970. The predicted molar refractivity (Wildman–Crippen MR) is 324 cm³/mol. The van der Waals surface area contributed by atoms with Gasteiger partial charge in [-0.25, -0.2) is 43.7 Å². The van der Waals surface area contributed by atoms with Crippen LogP contribution in [0.1, 0.15) is 40.7 Å². The largest absolute Gasteiger partial charge is 0.491 e. The minimum absolute atomic E-state index is 0. The fourth-order valence-electron chi connectivity index (χ4n) is 10.1. The number of nitrogens with two attached hydrogens (primary N) is 2. The first-order valence-electron chi connectivity index (χ1n) is 26.3. The average molecular weight is 1300 g/mol. The van der Waals surface area contributed by atoms with Crippen LogP contribution in [0.2, 0.25) is 15.5 Å². The molecule has 0 radical (unpaired) electrons. The molecule has 3 aliphatic heterocycles. The Hall–Kier alpha value is -7.62. The summed E-state index contributed by atoms with van der Waals surface area (Å²) in [7, 11) is 0. The Morgan fingerprint density at radius 1 is 0.539 bits per heavy atom. The third-order valence-electron chi connectivity index (χ3n) is 15.3. The van der Waals surface area contributed by atoms with E-state index >= 15 is 0 Å². The van der Waals surface area contributed by atoms with Crippen molar-refractivity contribution in [2.45, 2.75) is 100 Å². The molecule has 7 aromatic heterocycles. The number of nitrogens with zero attached hydrogens (tertiary/aromatic N) is 9. The van der Waals surface area contributed by atoms with Gasteiger partial charge in [-0.1, -0.05) is 42.2 Å². The van der Waals surface area contributed by atoms with Crippen LogP contribution in [0.4, 0.5) is 20.4 Å². The normalized spacial score (nSPS) is 26.2. The quantitative estimate of drug-likeness (QED) is 0.0528. The number of halogens is 5. The van der Waals surface area contributed by atoms with Crippen molar-refractivity contribution in [1.29, 1.82) is 0 Å². The SMILES string of the molecule is C.C[C@@]1(O)[C@@H](COc2ccc3ccc(Cl)nc3c2)OC(O)[C@@H]1O.C[C@@]1(O)[C@@H](COc2ccc3ccc(Cl)nc3c2)O[C@@H](n2cc(F)c3c(Cl)ncnc32)[C@@H]1O.C[C@@]1(O)[C@@H](COc2ccc3ccc(N)nc3c2)O[C@@H](n2cc(F)c3c(N)ncnc32)[C@@H]1O.N.O. The highest BCUT2D eigenvalue weighted by molar-refractivity contribution is 6.34. The lowest BCUT2D eigenvalue weighted by molar-refractivity contribution is -0.131. The highest BCUT2D eigenvalue weighted by Gasteiger charge is 2.55. The maximum absolute atomic E-state index is 14.4. The molecule has 0 saturated carbocycles. The van der Waals surface area contributed by atoms with Crippen molar-refractivity contribution < 1.29 is 78.4 Å². The van der Waals surface area contributed by atoms with Gasteiger partial charge in [0.1, 0.15) is 136 Å². The molecule has 1 unspecified atom stereocenters. The molecule has 10 heterocycles. The third kappa shape index (κ3) is 13.2. The number of hydrogen-bond donors (Lipinski definition) is 10. The van der Waals surface area contributed by atoms with E-state index < -0.39 is 83.8 Å². The number of rotatable bonds is 11. The number of benzene rings is 3. The van der Waals surface area contributed by atoms with Gasteiger partial charge in [0.25, 0.3) is 0 Å². The first-order valence-corrected chi connectivity index (χ1v) is 27.5. The van der Waals surface area contributed by atoms with Crippen LogP contribution >= 0.6 is 34.8 Å².